The lowest BCUT2D eigenvalue weighted by Gasteiger charge is -2.07. The van der Waals surface area contributed by atoms with Gasteiger partial charge in [-0.15, -0.1) is 0 Å². The van der Waals surface area contributed by atoms with Crippen LogP contribution in [0, 0.1) is 10.1 Å². The number of hydrogen-bond acceptors (Lipinski definition) is 4. The highest BCUT2D eigenvalue weighted by molar-refractivity contribution is 9.10. The molecule has 82 valence electrons. The van der Waals surface area contributed by atoms with Gasteiger partial charge < -0.3 is 5.11 Å². The molecule has 0 saturated carbocycles. The van der Waals surface area contributed by atoms with Gasteiger partial charge in [-0.3, -0.25) is 10.1 Å². The molecule has 0 radical (unpaired) electrons. The summed E-state index contributed by atoms with van der Waals surface area (Å²) in [5.41, 5.74) is -1.86. The molecule has 0 unspecified atom stereocenters. The number of nitrogens with zero attached hydrogens (tertiary/aromatic N) is 2. The fraction of sp³-hybridized carbons (Fsp3) is 0.286. The normalized spacial score (nSPS) is 10.7. The largest absolute Gasteiger partial charge is 0.392 e. The molecule has 0 atom stereocenters. The summed E-state index contributed by atoms with van der Waals surface area (Å²) >= 11 is 2.71. The number of alkyl halides is 2. The van der Waals surface area contributed by atoms with Crippen LogP contribution in [0.2, 0.25) is 0 Å². The molecule has 0 fully saturated rings. The fourth-order valence-electron chi connectivity index (χ4n) is 1.07. The first-order chi connectivity index (χ1) is 6.99. The Bertz CT molecular complexity index is 400. The van der Waals surface area contributed by atoms with Crippen molar-refractivity contribution in [1.29, 1.82) is 0 Å². The van der Waals surface area contributed by atoms with Crippen molar-refractivity contribution in [3.8, 4) is 0 Å². The summed E-state index contributed by atoms with van der Waals surface area (Å²) in [5, 5.41) is 19.3. The average molecular weight is 283 g/mol. The number of aliphatic hydroxyl groups is 1. The highest BCUT2D eigenvalue weighted by Gasteiger charge is 2.29. The minimum absolute atomic E-state index is 0.250. The average Bonchev–Trinajstić information content (AvgIpc) is 2.16. The molecule has 5 nitrogen and oxygen atoms in total. The van der Waals surface area contributed by atoms with Gasteiger partial charge in [0.2, 0.25) is 0 Å². The smallest absolute Gasteiger partial charge is 0.311 e. The third kappa shape index (κ3) is 2.26. The van der Waals surface area contributed by atoms with E-state index in [9.17, 15) is 18.9 Å². The Morgan fingerprint density at radius 2 is 2.27 bits per heavy atom. The van der Waals surface area contributed by atoms with Gasteiger partial charge in [-0.25, -0.2) is 13.8 Å². The molecule has 0 aliphatic carbocycles. The van der Waals surface area contributed by atoms with Gasteiger partial charge in [0.15, 0.2) is 4.60 Å². The summed E-state index contributed by atoms with van der Waals surface area (Å²) in [6, 6.07) is 0. The maximum atomic E-state index is 12.6. The number of aromatic nitrogens is 1. The highest BCUT2D eigenvalue weighted by atomic mass is 79.9. The van der Waals surface area contributed by atoms with E-state index >= 15 is 0 Å². The lowest BCUT2D eigenvalue weighted by molar-refractivity contribution is -0.387. The molecule has 0 saturated heterocycles. The van der Waals surface area contributed by atoms with Crippen molar-refractivity contribution in [2.24, 2.45) is 0 Å². The Labute approximate surface area is 91.0 Å². The molecule has 1 aromatic heterocycles. The first-order valence-corrected chi connectivity index (χ1v) is 4.49. The van der Waals surface area contributed by atoms with E-state index in [-0.39, 0.29) is 10.2 Å². The van der Waals surface area contributed by atoms with Crippen molar-refractivity contribution in [2.45, 2.75) is 13.0 Å². The maximum absolute atomic E-state index is 12.6. The molecule has 0 spiro atoms. The van der Waals surface area contributed by atoms with Crippen LogP contribution in [-0.2, 0) is 6.61 Å². The molecule has 1 heterocycles. The Morgan fingerprint density at radius 1 is 1.67 bits per heavy atom. The number of halogens is 3. The summed E-state index contributed by atoms with van der Waals surface area (Å²) in [7, 11) is 0. The van der Waals surface area contributed by atoms with Crippen LogP contribution in [0.5, 0.6) is 0 Å². The number of pyridine rings is 1. The zero-order valence-electron chi connectivity index (χ0n) is 7.15. The second-order valence-electron chi connectivity index (χ2n) is 2.55. The van der Waals surface area contributed by atoms with Crippen LogP contribution in [0.1, 0.15) is 17.6 Å². The quantitative estimate of drug-likeness (QED) is 0.524. The van der Waals surface area contributed by atoms with Crippen molar-refractivity contribution in [2.75, 3.05) is 0 Å². The Kier molecular flexibility index (Phi) is 3.64. The molecule has 1 aromatic rings. The molecule has 0 amide bonds. The number of rotatable bonds is 3. The van der Waals surface area contributed by atoms with Crippen molar-refractivity contribution in [3.63, 3.8) is 0 Å². The molecule has 0 aliphatic rings. The van der Waals surface area contributed by atoms with Crippen LogP contribution in [0.25, 0.3) is 0 Å². The van der Waals surface area contributed by atoms with E-state index in [2.05, 4.69) is 20.9 Å². The van der Waals surface area contributed by atoms with Gasteiger partial charge in [0.1, 0.15) is 5.56 Å². The van der Waals surface area contributed by atoms with Crippen molar-refractivity contribution >= 4 is 21.6 Å². The lowest BCUT2D eigenvalue weighted by atomic mass is 10.1. The predicted octanol–water partition coefficient (Wildman–Crippen LogP) is 2.18. The molecule has 0 aliphatic heterocycles. The monoisotopic (exact) mass is 282 g/mol. The van der Waals surface area contributed by atoms with Gasteiger partial charge in [0, 0.05) is 11.8 Å². The molecule has 0 bridgehead atoms. The van der Waals surface area contributed by atoms with Crippen molar-refractivity contribution in [1.82, 2.24) is 4.98 Å². The predicted molar refractivity (Wildman–Crippen MR) is 49.5 cm³/mol. The van der Waals surface area contributed by atoms with E-state index in [4.69, 9.17) is 5.11 Å². The minimum Gasteiger partial charge on any atom is -0.392 e. The van der Waals surface area contributed by atoms with Gasteiger partial charge >= 0.3 is 5.69 Å². The molecule has 1 N–H and O–H groups in total. The zero-order valence-corrected chi connectivity index (χ0v) is 8.74. The van der Waals surface area contributed by atoms with Gasteiger partial charge in [-0.05, 0) is 15.9 Å². The van der Waals surface area contributed by atoms with E-state index in [1.165, 1.54) is 0 Å². The Balaban J connectivity index is 3.51. The van der Waals surface area contributed by atoms with Gasteiger partial charge in [-0.2, -0.15) is 0 Å². The van der Waals surface area contributed by atoms with Crippen molar-refractivity contribution in [3.05, 3.63) is 32.0 Å². The molecule has 15 heavy (non-hydrogen) atoms. The lowest BCUT2D eigenvalue weighted by Crippen LogP contribution is -2.04. The first kappa shape index (κ1) is 11.9. The first-order valence-electron chi connectivity index (χ1n) is 3.69. The summed E-state index contributed by atoms with van der Waals surface area (Å²) in [4.78, 5) is 13.1. The number of nitro groups is 1. The summed E-state index contributed by atoms with van der Waals surface area (Å²) in [5.74, 6) is 0. The van der Waals surface area contributed by atoms with Crippen LogP contribution >= 0.6 is 15.9 Å². The van der Waals surface area contributed by atoms with E-state index in [1.54, 1.807) is 0 Å². The summed E-state index contributed by atoms with van der Waals surface area (Å²) in [6.07, 6.45) is -2.06. The molecule has 0 aromatic carbocycles. The van der Waals surface area contributed by atoms with Crippen LogP contribution in [-0.4, -0.2) is 15.0 Å². The van der Waals surface area contributed by atoms with Gasteiger partial charge in [0.25, 0.3) is 6.43 Å². The minimum atomic E-state index is -3.04. The summed E-state index contributed by atoms with van der Waals surface area (Å²) in [6.45, 7) is -0.721. The van der Waals surface area contributed by atoms with Crippen LogP contribution in [0.15, 0.2) is 10.8 Å². The van der Waals surface area contributed by atoms with Gasteiger partial charge in [-0.1, -0.05) is 0 Å². The molecular formula is C7H5BrF2N2O3. The Hall–Kier alpha value is -1.15. The highest BCUT2D eigenvalue weighted by Crippen LogP contribution is 2.36. The number of hydrogen-bond donors (Lipinski definition) is 1. The Morgan fingerprint density at radius 3 is 2.67 bits per heavy atom. The van der Waals surface area contributed by atoms with E-state index in [1.807, 2.05) is 0 Å². The maximum Gasteiger partial charge on any atom is 0.311 e. The third-order valence-corrected chi connectivity index (χ3v) is 2.28. The topological polar surface area (TPSA) is 76.3 Å². The molecular weight excluding hydrogens is 278 g/mol. The standard InChI is InChI=1S/C7H5BrF2N2O3/c8-6-5(12(14)15)4(7(9)10)3(2-13)1-11-6/h1,7,13H,2H2. The summed E-state index contributed by atoms with van der Waals surface area (Å²) < 4.78 is 24.8. The van der Waals surface area contributed by atoms with E-state index in [0.29, 0.717) is 0 Å². The zero-order chi connectivity index (χ0) is 11.6. The van der Waals surface area contributed by atoms with E-state index < -0.39 is 29.2 Å². The number of aliphatic hydroxyl groups excluding tert-OH is 1. The van der Waals surface area contributed by atoms with Crippen LogP contribution in [0.4, 0.5) is 14.5 Å². The second kappa shape index (κ2) is 4.58. The third-order valence-electron chi connectivity index (χ3n) is 1.70. The molecule has 8 heteroatoms. The molecule has 1 rings (SSSR count). The second-order valence-corrected chi connectivity index (χ2v) is 3.30. The van der Waals surface area contributed by atoms with Crippen molar-refractivity contribution < 1.29 is 18.8 Å². The van der Waals surface area contributed by atoms with Crippen LogP contribution < -0.4 is 0 Å². The van der Waals surface area contributed by atoms with E-state index in [0.717, 1.165) is 6.20 Å². The van der Waals surface area contributed by atoms with Crippen LogP contribution in [0.3, 0.4) is 0 Å². The van der Waals surface area contributed by atoms with Gasteiger partial charge in [0.05, 0.1) is 11.5 Å². The SMILES string of the molecule is O=[N+]([O-])c1c(Br)ncc(CO)c1C(F)F. The fourth-order valence-corrected chi connectivity index (χ4v) is 1.53.